The monoisotopic (exact) mass is 227 g/mol. The van der Waals surface area contributed by atoms with Crippen LogP contribution in [0.25, 0.3) is 11.2 Å². The van der Waals surface area contributed by atoms with E-state index >= 15 is 0 Å². The lowest BCUT2D eigenvalue weighted by Gasteiger charge is -2.06. The lowest BCUT2D eigenvalue weighted by atomic mass is 10.3. The second-order valence-corrected chi connectivity index (χ2v) is 3.50. The predicted octanol–water partition coefficient (Wildman–Crippen LogP) is 0.995. The number of aromatic nitrogens is 4. The minimum atomic E-state index is -0.274. The first-order valence-electron chi connectivity index (χ1n) is 5.07. The molecular formula is C11H9N5O. The van der Waals surface area contributed by atoms with E-state index in [1.807, 2.05) is 30.3 Å². The van der Waals surface area contributed by atoms with E-state index in [0.717, 1.165) is 5.69 Å². The van der Waals surface area contributed by atoms with Gasteiger partial charge in [-0.2, -0.15) is 4.68 Å². The minimum Gasteiger partial charge on any atom is -0.290 e. The van der Waals surface area contributed by atoms with Crippen LogP contribution in [0.5, 0.6) is 0 Å². The Bertz CT molecular complexity index is 700. The highest BCUT2D eigenvalue weighted by molar-refractivity contribution is 5.70. The quantitative estimate of drug-likeness (QED) is 0.684. The lowest BCUT2D eigenvalue weighted by Crippen LogP contribution is -2.23. The number of nitrogens with one attached hydrogen (secondary N) is 2. The Morgan fingerprint density at radius 1 is 1.24 bits per heavy atom. The number of hydrogen-bond donors (Lipinski definition) is 2. The second kappa shape index (κ2) is 3.75. The van der Waals surface area contributed by atoms with Gasteiger partial charge in [0, 0.05) is 0 Å². The van der Waals surface area contributed by atoms with Crippen molar-refractivity contribution in [3.63, 3.8) is 0 Å². The first kappa shape index (κ1) is 9.59. The van der Waals surface area contributed by atoms with Crippen LogP contribution in [0.2, 0.25) is 0 Å². The number of H-pyrrole nitrogens is 1. The summed E-state index contributed by atoms with van der Waals surface area (Å²) in [6, 6.07) is 9.42. The minimum absolute atomic E-state index is 0.274. The number of para-hydroxylation sites is 1. The molecule has 6 nitrogen and oxygen atoms in total. The number of benzene rings is 1. The summed E-state index contributed by atoms with van der Waals surface area (Å²) in [6.45, 7) is 0. The van der Waals surface area contributed by atoms with Crippen molar-refractivity contribution in [2.75, 3.05) is 5.43 Å². The standard InChI is InChI=1S/C11H9N5O/c17-11-14-10-9(6-12-7-13-10)16(11)15-8-4-2-1-3-5-8/h1-7,15H,(H,12,13,14,17). The van der Waals surface area contributed by atoms with Gasteiger partial charge in [0.05, 0.1) is 11.9 Å². The Morgan fingerprint density at radius 3 is 2.88 bits per heavy atom. The van der Waals surface area contributed by atoms with Gasteiger partial charge in [-0.3, -0.25) is 10.4 Å². The molecule has 0 fully saturated rings. The van der Waals surface area contributed by atoms with Crippen molar-refractivity contribution < 1.29 is 0 Å². The van der Waals surface area contributed by atoms with E-state index in [-0.39, 0.29) is 5.69 Å². The lowest BCUT2D eigenvalue weighted by molar-refractivity contribution is 0.927. The highest BCUT2D eigenvalue weighted by Crippen LogP contribution is 2.08. The summed E-state index contributed by atoms with van der Waals surface area (Å²) < 4.78 is 1.38. The van der Waals surface area contributed by atoms with Gasteiger partial charge in [-0.25, -0.2) is 14.8 Å². The molecule has 17 heavy (non-hydrogen) atoms. The van der Waals surface area contributed by atoms with Crippen molar-refractivity contribution in [3.05, 3.63) is 53.3 Å². The van der Waals surface area contributed by atoms with Crippen LogP contribution in [-0.4, -0.2) is 19.6 Å². The van der Waals surface area contributed by atoms with Gasteiger partial charge >= 0.3 is 5.69 Å². The van der Waals surface area contributed by atoms with Crippen molar-refractivity contribution in [1.29, 1.82) is 0 Å². The molecule has 0 atom stereocenters. The van der Waals surface area contributed by atoms with Crippen LogP contribution in [0, 0.1) is 0 Å². The topological polar surface area (TPSA) is 75.6 Å². The van der Waals surface area contributed by atoms with E-state index in [0.29, 0.717) is 11.2 Å². The summed E-state index contributed by atoms with van der Waals surface area (Å²) in [5, 5.41) is 0. The van der Waals surface area contributed by atoms with Crippen molar-refractivity contribution in [1.82, 2.24) is 19.6 Å². The first-order chi connectivity index (χ1) is 8.34. The number of fused-ring (bicyclic) bond motifs is 1. The van der Waals surface area contributed by atoms with Gasteiger partial charge in [0.15, 0.2) is 5.65 Å². The van der Waals surface area contributed by atoms with Crippen molar-refractivity contribution in [2.45, 2.75) is 0 Å². The Balaban J connectivity index is 2.12. The predicted molar refractivity (Wildman–Crippen MR) is 63.6 cm³/mol. The SMILES string of the molecule is O=c1[nH]c2ncncc2n1Nc1ccccc1. The van der Waals surface area contributed by atoms with Crippen LogP contribution in [-0.2, 0) is 0 Å². The molecular weight excluding hydrogens is 218 g/mol. The van der Waals surface area contributed by atoms with E-state index in [2.05, 4.69) is 20.4 Å². The summed E-state index contributed by atoms with van der Waals surface area (Å²) in [4.78, 5) is 22.2. The Hall–Kier alpha value is -2.63. The van der Waals surface area contributed by atoms with Gasteiger partial charge < -0.3 is 0 Å². The highest BCUT2D eigenvalue weighted by Gasteiger charge is 2.06. The number of aromatic amines is 1. The fraction of sp³-hybridized carbons (Fsp3) is 0. The molecule has 0 saturated heterocycles. The van der Waals surface area contributed by atoms with Crippen molar-refractivity contribution >= 4 is 16.9 Å². The zero-order valence-electron chi connectivity index (χ0n) is 8.79. The molecule has 0 aliphatic carbocycles. The molecule has 0 saturated carbocycles. The van der Waals surface area contributed by atoms with E-state index in [9.17, 15) is 4.79 Å². The number of nitrogens with zero attached hydrogens (tertiary/aromatic N) is 3. The number of imidazole rings is 1. The number of anilines is 1. The molecule has 3 rings (SSSR count). The molecule has 0 aliphatic heterocycles. The molecule has 0 amide bonds. The molecule has 2 aromatic heterocycles. The van der Waals surface area contributed by atoms with Gasteiger partial charge in [-0.05, 0) is 12.1 Å². The summed E-state index contributed by atoms with van der Waals surface area (Å²) in [7, 11) is 0. The maximum Gasteiger partial charge on any atom is 0.346 e. The first-order valence-corrected chi connectivity index (χ1v) is 5.07. The second-order valence-electron chi connectivity index (χ2n) is 3.50. The molecule has 0 aliphatic rings. The third kappa shape index (κ3) is 1.65. The van der Waals surface area contributed by atoms with Crippen LogP contribution >= 0.6 is 0 Å². The van der Waals surface area contributed by atoms with E-state index in [1.54, 1.807) is 6.20 Å². The zero-order valence-corrected chi connectivity index (χ0v) is 8.79. The fourth-order valence-corrected chi connectivity index (χ4v) is 1.60. The summed E-state index contributed by atoms with van der Waals surface area (Å²) >= 11 is 0. The van der Waals surface area contributed by atoms with Crippen LogP contribution in [0.4, 0.5) is 5.69 Å². The largest absolute Gasteiger partial charge is 0.346 e. The molecule has 2 N–H and O–H groups in total. The van der Waals surface area contributed by atoms with Gasteiger partial charge in [0.25, 0.3) is 0 Å². The molecule has 0 spiro atoms. The zero-order chi connectivity index (χ0) is 11.7. The van der Waals surface area contributed by atoms with Crippen molar-refractivity contribution in [2.24, 2.45) is 0 Å². The number of hydrogen-bond acceptors (Lipinski definition) is 4. The van der Waals surface area contributed by atoms with E-state index in [4.69, 9.17) is 0 Å². The molecule has 6 heteroatoms. The average Bonchev–Trinajstić information content (AvgIpc) is 2.68. The summed E-state index contributed by atoms with van der Waals surface area (Å²) in [5.74, 6) is 0. The Kier molecular flexibility index (Phi) is 2.11. The summed E-state index contributed by atoms with van der Waals surface area (Å²) in [6.07, 6.45) is 2.97. The average molecular weight is 227 g/mol. The van der Waals surface area contributed by atoms with Crippen LogP contribution in [0.1, 0.15) is 0 Å². The molecule has 1 aromatic carbocycles. The molecule has 0 radical (unpaired) electrons. The van der Waals surface area contributed by atoms with Gasteiger partial charge in [0.1, 0.15) is 11.8 Å². The molecule has 2 heterocycles. The maximum absolute atomic E-state index is 11.7. The van der Waals surface area contributed by atoms with Crippen LogP contribution in [0.3, 0.4) is 0 Å². The highest BCUT2D eigenvalue weighted by atomic mass is 16.2. The smallest absolute Gasteiger partial charge is 0.290 e. The summed E-state index contributed by atoms with van der Waals surface area (Å²) in [5.41, 5.74) is 4.65. The third-order valence-electron chi connectivity index (χ3n) is 2.38. The van der Waals surface area contributed by atoms with E-state index in [1.165, 1.54) is 11.0 Å². The van der Waals surface area contributed by atoms with E-state index < -0.39 is 0 Å². The fourth-order valence-electron chi connectivity index (χ4n) is 1.60. The van der Waals surface area contributed by atoms with Gasteiger partial charge in [-0.15, -0.1) is 0 Å². The molecule has 0 unspecified atom stereocenters. The molecule has 3 aromatic rings. The van der Waals surface area contributed by atoms with Crippen LogP contribution < -0.4 is 11.1 Å². The number of rotatable bonds is 2. The van der Waals surface area contributed by atoms with Crippen molar-refractivity contribution in [3.8, 4) is 0 Å². The van der Waals surface area contributed by atoms with Crippen LogP contribution in [0.15, 0.2) is 47.7 Å². The molecule has 84 valence electrons. The van der Waals surface area contributed by atoms with Gasteiger partial charge in [-0.1, -0.05) is 18.2 Å². The maximum atomic E-state index is 11.7. The normalized spacial score (nSPS) is 10.6. The van der Waals surface area contributed by atoms with Gasteiger partial charge in [0.2, 0.25) is 0 Å². The Labute approximate surface area is 95.9 Å². The third-order valence-corrected chi connectivity index (χ3v) is 2.38. The molecule has 0 bridgehead atoms. The Morgan fingerprint density at radius 2 is 2.06 bits per heavy atom.